The van der Waals surface area contributed by atoms with E-state index in [1.807, 2.05) is 13.8 Å². The number of hydrogen-bond acceptors (Lipinski definition) is 16. The number of carbonyl (C=O) groups excluding carboxylic acids is 8. The van der Waals surface area contributed by atoms with Gasteiger partial charge in [-0.15, -0.1) is 34.9 Å². The second-order valence-corrected chi connectivity index (χ2v) is 27.0. The lowest BCUT2D eigenvalue weighted by Crippen LogP contribution is -2.40. The van der Waals surface area contributed by atoms with Crippen LogP contribution in [-0.4, -0.2) is 105 Å². The average Bonchev–Trinajstić information content (AvgIpc) is 1.80. The maximum absolute atomic E-state index is 14.2. The predicted octanol–water partition coefficient (Wildman–Crippen LogP) is 9.81. The van der Waals surface area contributed by atoms with Crippen LogP contribution >= 0.6 is 22.6 Å². The van der Waals surface area contributed by atoms with Crippen molar-refractivity contribution in [1.29, 1.82) is 0 Å². The summed E-state index contributed by atoms with van der Waals surface area (Å²) in [5, 5.41) is 48.6. The summed E-state index contributed by atoms with van der Waals surface area (Å²) < 4.78 is 44.5. The smallest absolute Gasteiger partial charge is 0.229 e. The molecule has 25 heteroatoms. The minimum absolute atomic E-state index is 0.0190. The van der Waals surface area contributed by atoms with Gasteiger partial charge in [-0.1, -0.05) is 78.3 Å². The van der Waals surface area contributed by atoms with Crippen LogP contribution in [-0.2, 0) is 75.5 Å². The van der Waals surface area contributed by atoms with Crippen LogP contribution in [0, 0.1) is 65.9 Å². The Morgan fingerprint density at radius 2 is 0.907 bits per heavy atom. The first kappa shape index (κ1) is 78.5. The highest BCUT2D eigenvalue weighted by Gasteiger charge is 2.34. The first-order valence-electron chi connectivity index (χ1n) is 34.5. The maximum atomic E-state index is 14.2. The first-order valence-corrected chi connectivity index (χ1v) is 36.0. The Bertz CT molecular complexity index is 3160. The van der Waals surface area contributed by atoms with Gasteiger partial charge in [0.25, 0.3) is 0 Å². The van der Waals surface area contributed by atoms with Gasteiger partial charge in [-0.3, -0.25) is 59.6 Å². The number of ether oxygens (including phenoxy) is 2. The summed E-state index contributed by atoms with van der Waals surface area (Å²) in [6.07, 6.45) is 36.9. The van der Waals surface area contributed by atoms with E-state index in [1.54, 1.807) is 46.0 Å². The number of rotatable bonds is 31. The summed E-state index contributed by atoms with van der Waals surface area (Å²) in [6, 6.07) is 9.07. The van der Waals surface area contributed by atoms with Gasteiger partial charge in [0.05, 0.1) is 50.1 Å². The number of nitrogens with one attached hydrogen (secondary N) is 4. The fourth-order valence-corrected chi connectivity index (χ4v) is 11.9. The molecule has 6 N–H and O–H groups in total. The zero-order chi connectivity index (χ0) is 70.2. The monoisotopic (exact) mass is 1460 g/mol. The van der Waals surface area contributed by atoms with Crippen LogP contribution in [0.4, 0.5) is 8.78 Å². The minimum atomic E-state index is -1.25. The molecule has 4 saturated heterocycles. The number of aliphatic hydroxyl groups is 2. The standard InChI is InChI=1S/2C25H33FN4O4.C11H15NO2.C6H9I.C5H7NO2/c2*1-2-25(33,19-10-11-21(26)22(13-19)34-15-17-7-8-17)16-30-20(14-27-29-30)6-4-3-5-18-9-12-23(31)28-24(18)32;1-2-3-4-5-6-9-7-8-10(13)12-11(9)14;1-2-3-4-5-6-7;7-4-2-1-3-5(8)6-4/h2*10-11,13-14,17-18,33H,2-9,12,15-16H2,1H3,(H,28,31,32);1,9H,3-8H2,(H,12,13,14);1H,3-6H2;1-3H2,(H,6,7,8)/t2*18?,25-;;;/m11.../s1. The number of alkyl halides is 1. The molecule has 2 aromatic heterocycles. The molecule has 2 aliphatic carbocycles. The van der Waals surface area contributed by atoms with Crippen LogP contribution in [0.15, 0.2) is 48.8 Å². The van der Waals surface area contributed by atoms with Crippen molar-refractivity contribution in [3.63, 3.8) is 0 Å². The zero-order valence-corrected chi connectivity index (χ0v) is 58.4. The molecule has 5 atom stereocenters. The van der Waals surface area contributed by atoms with Crippen molar-refractivity contribution < 1.29 is 66.8 Å². The number of nitrogens with zero attached hydrogens (tertiary/aromatic N) is 6. The summed E-state index contributed by atoms with van der Waals surface area (Å²) in [7, 11) is 0. The third-order valence-electron chi connectivity index (χ3n) is 18.1. The molecule has 4 aromatic rings. The van der Waals surface area contributed by atoms with Gasteiger partial charge in [0.15, 0.2) is 23.1 Å². The van der Waals surface area contributed by atoms with Crippen LogP contribution in [0.3, 0.4) is 0 Å². The Hall–Kier alpha value is -7.49. The van der Waals surface area contributed by atoms with Crippen molar-refractivity contribution in [1.82, 2.24) is 51.3 Å². The number of unbranched alkanes of at least 4 members (excludes halogenated alkanes) is 6. The highest BCUT2D eigenvalue weighted by Crippen LogP contribution is 2.36. The average molecular weight is 1460 g/mol. The molecule has 0 radical (unpaired) electrons. The van der Waals surface area contributed by atoms with Gasteiger partial charge in [0.1, 0.15) is 11.2 Å². The Balaban J connectivity index is 0.000000219. The van der Waals surface area contributed by atoms with Crippen LogP contribution in [0.25, 0.3) is 0 Å². The number of piperidine rings is 4. The van der Waals surface area contributed by atoms with E-state index in [0.717, 1.165) is 108 Å². The zero-order valence-electron chi connectivity index (χ0n) is 56.2. The van der Waals surface area contributed by atoms with Crippen LogP contribution < -0.4 is 30.7 Å². The van der Waals surface area contributed by atoms with E-state index in [1.165, 1.54) is 29.4 Å². The number of amides is 8. The second-order valence-electron chi connectivity index (χ2n) is 25.9. The summed E-state index contributed by atoms with van der Waals surface area (Å²) >= 11 is 2.36. The van der Waals surface area contributed by atoms with Gasteiger partial charge in [0.2, 0.25) is 47.3 Å². The number of halogens is 3. The van der Waals surface area contributed by atoms with Gasteiger partial charge in [-0.05, 0) is 180 Å². The Labute approximate surface area is 582 Å². The molecule has 0 spiro atoms. The van der Waals surface area contributed by atoms with Crippen molar-refractivity contribution in [2.45, 2.75) is 231 Å². The highest BCUT2D eigenvalue weighted by molar-refractivity contribution is 14.1. The van der Waals surface area contributed by atoms with Crippen LogP contribution in [0.2, 0.25) is 0 Å². The van der Waals surface area contributed by atoms with Crippen molar-refractivity contribution in [2.75, 3.05) is 17.6 Å². The Morgan fingerprint density at radius 1 is 0.536 bits per heavy atom. The molecular formula is C72H97F2IN10O12. The molecular weight excluding hydrogens is 1360 g/mol. The molecule has 2 aromatic carbocycles. The molecule has 6 heterocycles. The number of hydrogen-bond donors (Lipinski definition) is 6. The van der Waals surface area contributed by atoms with Crippen molar-refractivity contribution in [2.24, 2.45) is 29.6 Å². The Kier molecular flexibility index (Phi) is 33.2. The molecule has 8 amide bonds. The van der Waals surface area contributed by atoms with Gasteiger partial charge < -0.3 is 19.7 Å². The molecule has 6 aliphatic rings. The van der Waals surface area contributed by atoms with Gasteiger partial charge in [-0.2, -0.15) is 0 Å². The number of aryl methyl sites for hydroxylation is 2. The lowest BCUT2D eigenvalue weighted by Gasteiger charge is -2.28. The molecule has 0 bridgehead atoms. The van der Waals surface area contributed by atoms with E-state index in [2.05, 4.69) is 76.3 Å². The van der Waals surface area contributed by atoms with E-state index in [4.69, 9.17) is 22.3 Å². The van der Waals surface area contributed by atoms with Gasteiger partial charge in [-0.25, -0.2) is 18.1 Å². The molecule has 10 rings (SSSR count). The van der Waals surface area contributed by atoms with E-state index in [0.29, 0.717) is 120 Å². The third-order valence-corrected chi connectivity index (χ3v) is 18.9. The van der Waals surface area contributed by atoms with E-state index in [9.17, 15) is 57.4 Å². The molecule has 2 saturated carbocycles. The fraction of sp³-hybridized carbons (Fsp3) is 0.611. The normalized spacial score (nSPS) is 19.5. The summed E-state index contributed by atoms with van der Waals surface area (Å²) in [5.41, 5.74) is 0.453. The van der Waals surface area contributed by atoms with Crippen LogP contribution in [0.1, 0.15) is 216 Å². The molecule has 4 aliphatic heterocycles. The largest absolute Gasteiger partial charge is 0.490 e. The highest BCUT2D eigenvalue weighted by atomic mass is 127. The molecule has 97 heavy (non-hydrogen) atoms. The van der Waals surface area contributed by atoms with Gasteiger partial charge in [0, 0.05) is 62.7 Å². The topological polar surface area (TPSA) is 305 Å². The summed E-state index contributed by atoms with van der Waals surface area (Å²) in [5.74, 6) is 4.19. The van der Waals surface area contributed by atoms with E-state index in [-0.39, 0.29) is 89.6 Å². The van der Waals surface area contributed by atoms with E-state index >= 15 is 0 Å². The van der Waals surface area contributed by atoms with Crippen LogP contribution in [0.5, 0.6) is 11.5 Å². The Morgan fingerprint density at radius 3 is 1.24 bits per heavy atom. The van der Waals surface area contributed by atoms with Crippen molar-refractivity contribution in [3.8, 4) is 36.2 Å². The number of terminal acetylenes is 2. The van der Waals surface area contributed by atoms with Gasteiger partial charge >= 0.3 is 0 Å². The number of benzene rings is 2. The first-order chi connectivity index (χ1) is 46.7. The summed E-state index contributed by atoms with van der Waals surface area (Å²) in [4.78, 5) is 89.2. The quantitative estimate of drug-likeness (QED) is 0.00898. The molecule has 528 valence electrons. The molecule has 6 fully saturated rings. The maximum Gasteiger partial charge on any atom is 0.229 e. The lowest BCUT2D eigenvalue weighted by atomic mass is 9.90. The number of carbonyl (C=O) groups is 8. The summed E-state index contributed by atoms with van der Waals surface area (Å²) in [6.45, 7) is 5.14. The fourth-order valence-electron chi connectivity index (χ4n) is 11.4. The molecule has 22 nitrogen and oxygen atoms in total. The van der Waals surface area contributed by atoms with Crippen molar-refractivity contribution >= 4 is 69.8 Å². The lowest BCUT2D eigenvalue weighted by molar-refractivity contribution is -0.138. The predicted molar refractivity (Wildman–Crippen MR) is 366 cm³/mol. The third kappa shape index (κ3) is 27.4. The van der Waals surface area contributed by atoms with Crippen molar-refractivity contribution in [3.05, 3.63) is 82.9 Å². The number of aromatic nitrogens is 6. The minimum Gasteiger partial charge on any atom is -0.490 e. The second kappa shape index (κ2) is 41.0. The number of imide groups is 4. The molecule has 3 unspecified atom stereocenters. The SMILES string of the molecule is C#CCCCCC1CCC(=O)NC1=O.C#CCCCCI.CC[C@@](O)(Cn1nncc1CCCCC1CCC(=O)NC1=O)c1ccc(F)c(OCC2CC2)c1.CC[C@@](O)(Cn1nncc1CCCCC1CCC(=O)NC1=O)c1ccc(F)c(OCC2CC2)c1.O=C1CCCC(=O)N1. The van der Waals surface area contributed by atoms with E-state index < -0.39 is 22.8 Å².